The quantitative estimate of drug-likeness (QED) is 0.753. The number of nitrogens with zero attached hydrogens (tertiary/aromatic N) is 3. The number of anilines is 1. The van der Waals surface area contributed by atoms with E-state index in [-0.39, 0.29) is 5.91 Å². The average Bonchev–Trinajstić information content (AvgIpc) is 2.57. The second-order valence-electron chi connectivity index (χ2n) is 4.67. The second kappa shape index (κ2) is 7.25. The Bertz CT molecular complexity index is 858. The van der Waals surface area contributed by atoms with Crippen molar-refractivity contribution in [2.45, 2.75) is 0 Å². The van der Waals surface area contributed by atoms with E-state index in [9.17, 15) is 4.79 Å². The highest BCUT2D eigenvalue weighted by molar-refractivity contribution is 6.31. The summed E-state index contributed by atoms with van der Waals surface area (Å²) in [4.78, 5) is 24.1. The first-order valence-corrected chi connectivity index (χ1v) is 7.52. The maximum Gasteiger partial charge on any atom is 0.257 e. The van der Waals surface area contributed by atoms with Crippen LogP contribution in [0.4, 0.5) is 5.82 Å². The first-order chi connectivity index (χ1) is 11.6. The van der Waals surface area contributed by atoms with Crippen LogP contribution in [0.2, 0.25) is 10.0 Å². The monoisotopic (exact) mass is 360 g/mol. The maximum absolute atomic E-state index is 12.3. The minimum atomic E-state index is -0.374. The first-order valence-electron chi connectivity index (χ1n) is 6.76. The van der Waals surface area contributed by atoms with E-state index in [1.807, 2.05) is 0 Å². The Kier molecular flexibility index (Phi) is 4.88. The number of benzene rings is 1. The van der Waals surface area contributed by atoms with Gasteiger partial charge >= 0.3 is 0 Å². The summed E-state index contributed by atoms with van der Waals surface area (Å²) in [7, 11) is 0. The van der Waals surface area contributed by atoms with E-state index in [0.29, 0.717) is 32.9 Å². The Hall–Kier alpha value is -2.70. The third-order valence-electron chi connectivity index (χ3n) is 2.88. The van der Waals surface area contributed by atoms with E-state index in [1.165, 1.54) is 31.0 Å². The molecule has 1 N–H and O–H groups in total. The highest BCUT2D eigenvalue weighted by atomic mass is 35.5. The number of aromatic nitrogens is 3. The third-order valence-corrected chi connectivity index (χ3v) is 3.32. The lowest BCUT2D eigenvalue weighted by Crippen LogP contribution is -2.12. The number of halogens is 2. The van der Waals surface area contributed by atoms with Crippen LogP contribution in [0.5, 0.6) is 11.5 Å². The molecule has 0 saturated heterocycles. The molecular formula is C16H10Cl2N4O2. The van der Waals surface area contributed by atoms with Gasteiger partial charge in [0, 0.05) is 16.8 Å². The molecule has 3 aromatic rings. The van der Waals surface area contributed by atoms with Gasteiger partial charge in [0.15, 0.2) is 5.75 Å². The summed E-state index contributed by atoms with van der Waals surface area (Å²) in [6.45, 7) is 0. The number of carbonyl (C=O) groups excluding carboxylic acids is 1. The fourth-order valence-corrected chi connectivity index (χ4v) is 2.20. The molecule has 0 atom stereocenters. The Morgan fingerprint density at radius 3 is 2.46 bits per heavy atom. The molecule has 0 bridgehead atoms. The molecule has 0 unspecified atom stereocenters. The minimum absolute atomic E-state index is 0.325. The van der Waals surface area contributed by atoms with Crippen molar-refractivity contribution in [3.05, 3.63) is 70.9 Å². The third kappa shape index (κ3) is 4.18. The highest BCUT2D eigenvalue weighted by Crippen LogP contribution is 2.26. The standard InChI is InChI=1S/C16H10Cl2N4O2/c17-11-1-2-15(21-6-11)22-16(23)10-3-12(18)5-13(4-10)24-14-7-19-9-20-8-14/h1-9H,(H,21,22,23). The van der Waals surface area contributed by atoms with Gasteiger partial charge in [-0.25, -0.2) is 15.0 Å². The smallest absolute Gasteiger partial charge is 0.257 e. The molecule has 0 radical (unpaired) electrons. The van der Waals surface area contributed by atoms with Gasteiger partial charge in [0.05, 0.1) is 17.4 Å². The number of pyridine rings is 1. The van der Waals surface area contributed by atoms with Gasteiger partial charge in [-0.15, -0.1) is 0 Å². The molecule has 0 fully saturated rings. The van der Waals surface area contributed by atoms with Crippen molar-refractivity contribution in [3.8, 4) is 11.5 Å². The zero-order valence-electron chi connectivity index (χ0n) is 12.1. The van der Waals surface area contributed by atoms with Gasteiger partial charge in [-0.05, 0) is 30.3 Å². The van der Waals surface area contributed by atoms with Crippen LogP contribution in [0.3, 0.4) is 0 Å². The molecule has 0 aliphatic heterocycles. The molecule has 3 rings (SSSR count). The molecule has 1 aromatic carbocycles. The van der Waals surface area contributed by atoms with Crippen molar-refractivity contribution >= 4 is 34.9 Å². The van der Waals surface area contributed by atoms with Crippen molar-refractivity contribution < 1.29 is 9.53 Å². The second-order valence-corrected chi connectivity index (χ2v) is 5.54. The molecule has 2 heterocycles. The van der Waals surface area contributed by atoms with Gasteiger partial charge in [0.2, 0.25) is 0 Å². The van der Waals surface area contributed by atoms with Crippen LogP contribution in [0.1, 0.15) is 10.4 Å². The maximum atomic E-state index is 12.3. The fourth-order valence-electron chi connectivity index (χ4n) is 1.87. The predicted octanol–water partition coefficient (Wildman–Crippen LogP) is 4.22. The molecule has 6 nitrogen and oxygen atoms in total. The van der Waals surface area contributed by atoms with Gasteiger partial charge in [-0.2, -0.15) is 0 Å². The van der Waals surface area contributed by atoms with E-state index >= 15 is 0 Å². The summed E-state index contributed by atoms with van der Waals surface area (Å²) in [6.07, 6.45) is 5.85. The van der Waals surface area contributed by atoms with Gasteiger partial charge in [-0.3, -0.25) is 4.79 Å². The lowest BCUT2D eigenvalue weighted by atomic mass is 10.2. The molecule has 2 aromatic heterocycles. The summed E-state index contributed by atoms with van der Waals surface area (Å²) in [6, 6.07) is 7.91. The van der Waals surface area contributed by atoms with E-state index in [1.54, 1.807) is 24.3 Å². The molecule has 8 heteroatoms. The molecule has 0 spiro atoms. The van der Waals surface area contributed by atoms with Crippen LogP contribution in [0.25, 0.3) is 0 Å². The van der Waals surface area contributed by atoms with Crippen LogP contribution in [0, 0.1) is 0 Å². The predicted molar refractivity (Wildman–Crippen MR) is 90.8 cm³/mol. The summed E-state index contributed by atoms with van der Waals surface area (Å²) < 4.78 is 5.59. The Morgan fingerprint density at radius 2 is 1.75 bits per heavy atom. The summed E-state index contributed by atoms with van der Waals surface area (Å²) in [5, 5.41) is 3.50. The molecule has 0 aliphatic carbocycles. The van der Waals surface area contributed by atoms with Crippen LogP contribution < -0.4 is 10.1 Å². The number of hydrogen-bond acceptors (Lipinski definition) is 5. The molecule has 0 saturated carbocycles. The number of hydrogen-bond donors (Lipinski definition) is 1. The Balaban J connectivity index is 1.80. The van der Waals surface area contributed by atoms with Crippen LogP contribution >= 0.6 is 23.2 Å². The van der Waals surface area contributed by atoms with Crippen molar-refractivity contribution in [2.24, 2.45) is 0 Å². The number of ether oxygens (including phenoxy) is 1. The van der Waals surface area contributed by atoms with Crippen molar-refractivity contribution in [1.29, 1.82) is 0 Å². The first kappa shape index (κ1) is 16.2. The van der Waals surface area contributed by atoms with Gasteiger partial charge in [0.25, 0.3) is 5.91 Å². The topological polar surface area (TPSA) is 77.0 Å². The zero-order chi connectivity index (χ0) is 16.9. The van der Waals surface area contributed by atoms with Crippen LogP contribution in [0.15, 0.2) is 55.2 Å². The summed E-state index contributed by atoms with van der Waals surface area (Å²) in [5.41, 5.74) is 0.325. The zero-order valence-corrected chi connectivity index (χ0v) is 13.6. The molecular weight excluding hydrogens is 351 g/mol. The van der Waals surface area contributed by atoms with E-state index in [0.717, 1.165) is 0 Å². The fraction of sp³-hybridized carbons (Fsp3) is 0. The van der Waals surface area contributed by atoms with E-state index < -0.39 is 0 Å². The number of rotatable bonds is 4. The van der Waals surface area contributed by atoms with Crippen LogP contribution in [-0.4, -0.2) is 20.9 Å². The SMILES string of the molecule is O=C(Nc1ccc(Cl)cn1)c1cc(Cl)cc(Oc2cncnc2)c1. The number of carbonyl (C=O) groups is 1. The summed E-state index contributed by atoms with van der Waals surface area (Å²) in [5.74, 6) is 0.835. The van der Waals surface area contributed by atoms with Crippen molar-refractivity contribution in [1.82, 2.24) is 15.0 Å². The van der Waals surface area contributed by atoms with E-state index in [2.05, 4.69) is 20.3 Å². The minimum Gasteiger partial charge on any atom is -0.454 e. The highest BCUT2D eigenvalue weighted by Gasteiger charge is 2.11. The van der Waals surface area contributed by atoms with Crippen LogP contribution in [-0.2, 0) is 0 Å². The lowest BCUT2D eigenvalue weighted by molar-refractivity contribution is 0.102. The largest absolute Gasteiger partial charge is 0.454 e. The van der Waals surface area contributed by atoms with Gasteiger partial charge in [0.1, 0.15) is 17.9 Å². The average molecular weight is 361 g/mol. The normalized spacial score (nSPS) is 10.2. The number of nitrogens with one attached hydrogen (secondary N) is 1. The number of amides is 1. The summed E-state index contributed by atoms with van der Waals surface area (Å²) >= 11 is 11.8. The molecule has 0 aliphatic rings. The Labute approximate surface area is 147 Å². The van der Waals surface area contributed by atoms with Crippen molar-refractivity contribution in [3.63, 3.8) is 0 Å². The lowest BCUT2D eigenvalue weighted by Gasteiger charge is -2.09. The van der Waals surface area contributed by atoms with Crippen molar-refractivity contribution in [2.75, 3.05) is 5.32 Å². The van der Waals surface area contributed by atoms with Gasteiger partial charge < -0.3 is 10.1 Å². The Morgan fingerprint density at radius 1 is 0.958 bits per heavy atom. The molecule has 1 amide bonds. The molecule has 120 valence electrons. The van der Waals surface area contributed by atoms with Gasteiger partial charge in [-0.1, -0.05) is 23.2 Å². The molecule has 24 heavy (non-hydrogen) atoms. The van der Waals surface area contributed by atoms with E-state index in [4.69, 9.17) is 27.9 Å².